The van der Waals surface area contributed by atoms with Crippen LogP contribution in [-0.2, 0) is 14.3 Å². The first-order valence-electron chi connectivity index (χ1n) is 11.5. The molecule has 190 valence electrons. The van der Waals surface area contributed by atoms with Crippen molar-refractivity contribution < 1.29 is 28.4 Å². The first kappa shape index (κ1) is 26.0. The van der Waals surface area contributed by atoms with Crippen LogP contribution in [0.15, 0.2) is 72.8 Å². The first-order valence-corrected chi connectivity index (χ1v) is 12.0. The number of nitro benzene ring substituents is 1. The molecule has 1 amide bonds. The fourth-order valence-electron chi connectivity index (χ4n) is 4.10. The van der Waals surface area contributed by atoms with Crippen LogP contribution in [-0.4, -0.2) is 41.1 Å². The molecule has 0 radical (unpaired) electrons. The van der Waals surface area contributed by atoms with Gasteiger partial charge in [-0.2, -0.15) is 0 Å². The van der Waals surface area contributed by atoms with Crippen LogP contribution in [0.2, 0.25) is 0 Å². The van der Waals surface area contributed by atoms with E-state index in [0.29, 0.717) is 5.69 Å². The molecular weight excluding hydrogens is 503 g/mol. The Bertz CT molecular complexity index is 1310. The number of nitrogens with zero attached hydrogens (tertiary/aromatic N) is 2. The molecule has 0 aliphatic carbocycles. The van der Waals surface area contributed by atoms with Crippen molar-refractivity contribution in [3.05, 3.63) is 94.3 Å². The molecule has 1 fully saturated rings. The third-order valence-electron chi connectivity index (χ3n) is 6.10. The highest BCUT2D eigenvalue weighted by Gasteiger charge is 2.38. The molecule has 10 heteroatoms. The number of Topliss-reactive ketones (excluding diaryl/α,β-unsaturated/α-hetero) is 1. The third kappa shape index (κ3) is 6.00. The molecular formula is C27H22ClFN2O6. The third-order valence-corrected chi connectivity index (χ3v) is 6.32. The van der Waals surface area contributed by atoms with Gasteiger partial charge in [0, 0.05) is 48.6 Å². The minimum Gasteiger partial charge on any atom is -0.454 e. The molecule has 0 bridgehead atoms. The van der Waals surface area contributed by atoms with Crippen LogP contribution in [0, 0.1) is 21.8 Å². The summed E-state index contributed by atoms with van der Waals surface area (Å²) in [5, 5.41) is 10.8. The van der Waals surface area contributed by atoms with E-state index in [4.69, 9.17) is 16.3 Å². The summed E-state index contributed by atoms with van der Waals surface area (Å²) in [6, 6.07) is 18.1. The second-order valence-corrected chi connectivity index (χ2v) is 8.91. The lowest BCUT2D eigenvalue weighted by molar-refractivity contribution is -0.384. The lowest BCUT2D eigenvalue weighted by atomic mass is 10.0. The van der Waals surface area contributed by atoms with Crippen molar-refractivity contribution in [2.45, 2.75) is 18.9 Å². The van der Waals surface area contributed by atoms with Gasteiger partial charge >= 0.3 is 5.97 Å². The normalized spacial score (nSPS) is 15.9. The minimum atomic E-state index is -1.14. The van der Waals surface area contributed by atoms with Crippen molar-refractivity contribution in [3.63, 3.8) is 0 Å². The number of hydrogen-bond donors (Lipinski definition) is 0. The van der Waals surface area contributed by atoms with Crippen molar-refractivity contribution >= 4 is 40.6 Å². The molecule has 2 atom stereocenters. The zero-order valence-electron chi connectivity index (χ0n) is 19.5. The summed E-state index contributed by atoms with van der Waals surface area (Å²) < 4.78 is 18.7. The Morgan fingerprint density at radius 3 is 2.19 bits per heavy atom. The number of carbonyl (C=O) groups excluding carboxylic acids is 3. The smallest absolute Gasteiger partial charge is 0.312 e. The standard InChI is InChI=1S/C27H22ClFN2O6/c28-14-13-24(26(33)19-1-7-21(29)8-2-19)37-27(34)20-15-25(32)30(16-20)22-9-3-17(4-10-22)18-5-11-23(12-6-18)31(35)36/h1-12,20,24H,13-16H2/t20-,24+/m1/s1. The second kappa shape index (κ2) is 11.3. The Labute approximate surface area is 216 Å². The summed E-state index contributed by atoms with van der Waals surface area (Å²) >= 11 is 5.81. The lowest BCUT2D eigenvalue weighted by Crippen LogP contribution is -2.32. The maximum absolute atomic E-state index is 13.2. The average molecular weight is 525 g/mol. The zero-order valence-corrected chi connectivity index (χ0v) is 20.3. The van der Waals surface area contributed by atoms with Gasteiger partial charge in [-0.25, -0.2) is 4.39 Å². The van der Waals surface area contributed by atoms with Gasteiger partial charge < -0.3 is 9.64 Å². The number of ether oxygens (including phenoxy) is 1. The van der Waals surface area contributed by atoms with Gasteiger partial charge in [0.15, 0.2) is 6.10 Å². The molecule has 3 aromatic carbocycles. The molecule has 0 aromatic heterocycles. The SMILES string of the molecule is O=C(O[C@@H](CCCl)C(=O)c1ccc(F)cc1)[C@@H]1CC(=O)N(c2ccc(-c3ccc([N+](=O)[O-])cc3)cc2)C1. The van der Waals surface area contributed by atoms with Crippen LogP contribution < -0.4 is 4.90 Å². The van der Waals surface area contributed by atoms with E-state index >= 15 is 0 Å². The summed E-state index contributed by atoms with van der Waals surface area (Å²) in [7, 11) is 0. The highest BCUT2D eigenvalue weighted by molar-refractivity contribution is 6.18. The Kier molecular flexibility index (Phi) is 7.93. The van der Waals surface area contributed by atoms with E-state index in [1.165, 1.54) is 29.2 Å². The van der Waals surface area contributed by atoms with Gasteiger partial charge in [-0.15, -0.1) is 11.6 Å². The van der Waals surface area contributed by atoms with E-state index in [2.05, 4.69) is 0 Å². The monoisotopic (exact) mass is 524 g/mol. The molecule has 3 aromatic rings. The minimum absolute atomic E-state index is 0.00591. The van der Waals surface area contributed by atoms with Crippen LogP contribution in [0.5, 0.6) is 0 Å². The van der Waals surface area contributed by atoms with Gasteiger partial charge in [0.1, 0.15) is 5.82 Å². The number of anilines is 1. The number of alkyl halides is 1. The van der Waals surface area contributed by atoms with Gasteiger partial charge in [0.05, 0.1) is 10.8 Å². The van der Waals surface area contributed by atoms with E-state index in [-0.39, 0.29) is 42.4 Å². The lowest BCUT2D eigenvalue weighted by Gasteiger charge is -2.19. The molecule has 0 unspecified atom stereocenters. The van der Waals surface area contributed by atoms with E-state index in [1.807, 2.05) is 0 Å². The number of benzene rings is 3. The Balaban J connectivity index is 1.42. The van der Waals surface area contributed by atoms with E-state index < -0.39 is 34.5 Å². The first-order chi connectivity index (χ1) is 17.8. The highest BCUT2D eigenvalue weighted by Crippen LogP contribution is 2.30. The summed E-state index contributed by atoms with van der Waals surface area (Å²) in [4.78, 5) is 50.2. The van der Waals surface area contributed by atoms with Crippen LogP contribution in [0.1, 0.15) is 23.2 Å². The van der Waals surface area contributed by atoms with Gasteiger partial charge in [-0.05, 0) is 59.7 Å². The van der Waals surface area contributed by atoms with Crippen LogP contribution in [0.3, 0.4) is 0 Å². The van der Waals surface area contributed by atoms with E-state index in [9.17, 15) is 28.9 Å². The summed E-state index contributed by atoms with van der Waals surface area (Å²) in [6.07, 6.45) is -1.13. The van der Waals surface area contributed by atoms with Crippen molar-refractivity contribution in [1.82, 2.24) is 0 Å². The fourth-order valence-corrected chi connectivity index (χ4v) is 4.30. The molecule has 37 heavy (non-hydrogen) atoms. The van der Waals surface area contributed by atoms with E-state index in [1.54, 1.807) is 36.4 Å². The number of amides is 1. The Morgan fingerprint density at radius 1 is 1.03 bits per heavy atom. The van der Waals surface area contributed by atoms with E-state index in [0.717, 1.165) is 23.3 Å². The van der Waals surface area contributed by atoms with Crippen molar-refractivity contribution in [2.75, 3.05) is 17.3 Å². The number of carbonyl (C=O) groups is 3. The van der Waals surface area contributed by atoms with Gasteiger partial charge in [0.25, 0.3) is 5.69 Å². The maximum Gasteiger partial charge on any atom is 0.312 e. The summed E-state index contributed by atoms with van der Waals surface area (Å²) in [6.45, 7) is 0.0902. The van der Waals surface area contributed by atoms with Crippen LogP contribution in [0.4, 0.5) is 15.8 Å². The zero-order chi connectivity index (χ0) is 26.5. The number of esters is 1. The Morgan fingerprint density at radius 2 is 1.62 bits per heavy atom. The number of halogens is 2. The largest absolute Gasteiger partial charge is 0.454 e. The second-order valence-electron chi connectivity index (χ2n) is 8.53. The molecule has 0 spiro atoms. The average Bonchev–Trinajstić information content (AvgIpc) is 3.30. The summed E-state index contributed by atoms with van der Waals surface area (Å²) in [5.74, 6) is -2.61. The predicted molar refractivity (Wildman–Crippen MR) is 135 cm³/mol. The number of hydrogen-bond acceptors (Lipinski definition) is 6. The molecule has 1 heterocycles. The molecule has 8 nitrogen and oxygen atoms in total. The Hall–Kier alpha value is -4.11. The molecule has 1 aliphatic rings. The highest BCUT2D eigenvalue weighted by atomic mass is 35.5. The van der Waals surface area contributed by atoms with Crippen molar-refractivity contribution in [1.29, 1.82) is 0 Å². The number of ketones is 1. The fraction of sp³-hybridized carbons (Fsp3) is 0.222. The maximum atomic E-state index is 13.2. The topological polar surface area (TPSA) is 107 Å². The van der Waals surface area contributed by atoms with Gasteiger partial charge in [-0.3, -0.25) is 24.5 Å². The van der Waals surface area contributed by atoms with Crippen molar-refractivity contribution in [2.24, 2.45) is 5.92 Å². The predicted octanol–water partition coefficient (Wildman–Crippen LogP) is 5.18. The molecule has 4 rings (SSSR count). The molecule has 1 saturated heterocycles. The summed E-state index contributed by atoms with van der Waals surface area (Å²) in [5.41, 5.74) is 2.37. The van der Waals surface area contributed by atoms with Crippen LogP contribution in [0.25, 0.3) is 11.1 Å². The molecule has 0 N–H and O–H groups in total. The van der Waals surface area contributed by atoms with Gasteiger partial charge in [-0.1, -0.05) is 12.1 Å². The number of non-ortho nitro benzene ring substituents is 1. The number of nitro groups is 1. The van der Waals surface area contributed by atoms with Crippen LogP contribution >= 0.6 is 11.6 Å². The molecule has 0 saturated carbocycles. The number of rotatable bonds is 9. The quantitative estimate of drug-likeness (QED) is 0.125. The van der Waals surface area contributed by atoms with Gasteiger partial charge in [0.2, 0.25) is 11.7 Å². The molecule has 1 aliphatic heterocycles. The van der Waals surface area contributed by atoms with Crippen molar-refractivity contribution in [3.8, 4) is 11.1 Å².